The molecule has 0 bridgehead atoms. The number of fused-ring (bicyclic) bond motifs is 1. The molecule has 0 N–H and O–H groups in total. The number of benzene rings is 1. The molecule has 0 atom stereocenters. The van der Waals surface area contributed by atoms with Gasteiger partial charge in [-0.05, 0) is 24.3 Å². The Morgan fingerprint density at radius 3 is 2.65 bits per heavy atom. The fraction of sp³-hybridized carbons (Fsp3) is 0.0952. The quantitative estimate of drug-likeness (QED) is 0.561. The van der Waals surface area contributed by atoms with Crippen LogP contribution in [0.2, 0.25) is 0 Å². The summed E-state index contributed by atoms with van der Waals surface area (Å²) in [6.45, 7) is 0. The first-order valence-corrected chi connectivity index (χ1v) is 8.17. The van der Waals surface area contributed by atoms with E-state index in [0.29, 0.717) is 5.56 Å². The number of pyridine rings is 2. The summed E-state index contributed by atoms with van der Waals surface area (Å²) in [6.07, 6.45) is 5.21. The Hall–Kier alpha value is -3.65. The zero-order valence-electron chi connectivity index (χ0n) is 14.5. The molecule has 3 heterocycles. The molecule has 4 rings (SSSR count). The van der Waals surface area contributed by atoms with Crippen LogP contribution in [0.4, 0.5) is 0 Å². The van der Waals surface area contributed by atoms with Crippen molar-refractivity contribution >= 4 is 11.0 Å². The third-order valence-corrected chi connectivity index (χ3v) is 4.50. The summed E-state index contributed by atoms with van der Waals surface area (Å²) in [4.78, 5) is 8.79. The Morgan fingerprint density at radius 1 is 1.08 bits per heavy atom. The highest BCUT2D eigenvalue weighted by molar-refractivity contribution is 6.06. The summed E-state index contributed by atoms with van der Waals surface area (Å²) in [7, 11) is 3.61. The van der Waals surface area contributed by atoms with Crippen LogP contribution >= 0.6 is 0 Å². The van der Waals surface area contributed by atoms with Gasteiger partial charge in [0.2, 0.25) is 0 Å². The lowest BCUT2D eigenvalue weighted by Gasteiger charge is -2.12. The number of hydrogen-bond donors (Lipinski definition) is 0. The number of aromatic nitrogens is 3. The minimum atomic E-state index is 0.589. The predicted molar refractivity (Wildman–Crippen MR) is 101 cm³/mol. The highest BCUT2D eigenvalue weighted by Crippen LogP contribution is 2.43. The summed E-state index contributed by atoms with van der Waals surface area (Å²) in [5, 5.41) is 10.5. The van der Waals surface area contributed by atoms with Crippen LogP contribution in [0, 0.1) is 11.3 Å². The van der Waals surface area contributed by atoms with Gasteiger partial charge in [-0.15, -0.1) is 0 Å². The number of para-hydroxylation sites is 1. The molecule has 0 aliphatic rings. The average Bonchev–Trinajstić information content (AvgIpc) is 3.01. The normalized spacial score (nSPS) is 10.7. The minimum Gasteiger partial charge on any atom is -0.496 e. The van der Waals surface area contributed by atoms with Crippen LogP contribution in [-0.2, 0) is 7.05 Å². The molecular weight excluding hydrogens is 324 g/mol. The van der Waals surface area contributed by atoms with Crippen molar-refractivity contribution in [3.63, 3.8) is 0 Å². The number of rotatable bonds is 3. The summed E-state index contributed by atoms with van der Waals surface area (Å²) in [5.74, 6) is 0.766. The van der Waals surface area contributed by atoms with Gasteiger partial charge in [-0.3, -0.25) is 4.98 Å². The van der Waals surface area contributed by atoms with Gasteiger partial charge in [-0.25, -0.2) is 4.98 Å². The van der Waals surface area contributed by atoms with Crippen LogP contribution in [0.5, 0.6) is 5.75 Å². The molecule has 0 saturated heterocycles. The van der Waals surface area contributed by atoms with Crippen LogP contribution in [-0.4, -0.2) is 21.6 Å². The number of nitriles is 1. The molecule has 0 unspecified atom stereocenters. The van der Waals surface area contributed by atoms with E-state index in [0.717, 1.165) is 39.2 Å². The molecule has 26 heavy (non-hydrogen) atoms. The lowest BCUT2D eigenvalue weighted by atomic mass is 9.97. The van der Waals surface area contributed by atoms with Crippen molar-refractivity contribution in [1.29, 1.82) is 5.26 Å². The molecule has 1 aromatic carbocycles. The molecule has 126 valence electrons. The van der Waals surface area contributed by atoms with E-state index in [1.54, 1.807) is 25.6 Å². The van der Waals surface area contributed by atoms with Gasteiger partial charge in [0.05, 0.1) is 24.4 Å². The predicted octanol–water partition coefficient (Wildman–Crippen LogP) is 4.18. The molecular formula is C21H16N4O. The SMILES string of the molecule is COc1ccccc1-c1c(-c2cccnc2)c2c(C#N)ccnc2n1C. The van der Waals surface area contributed by atoms with Crippen molar-refractivity contribution < 1.29 is 4.74 Å². The van der Waals surface area contributed by atoms with Crippen LogP contribution in [0.15, 0.2) is 61.1 Å². The monoisotopic (exact) mass is 340 g/mol. The molecule has 0 spiro atoms. The third kappa shape index (κ3) is 2.32. The molecule has 4 aromatic rings. The Morgan fingerprint density at radius 2 is 1.92 bits per heavy atom. The second-order valence-corrected chi connectivity index (χ2v) is 5.89. The highest BCUT2D eigenvalue weighted by Gasteiger charge is 2.23. The number of aryl methyl sites for hydroxylation is 1. The molecule has 5 heteroatoms. The van der Waals surface area contributed by atoms with E-state index in [4.69, 9.17) is 4.74 Å². The lowest BCUT2D eigenvalue weighted by molar-refractivity contribution is 0.416. The second kappa shape index (κ2) is 6.34. The van der Waals surface area contributed by atoms with Crippen molar-refractivity contribution in [3.05, 3.63) is 66.6 Å². The molecule has 0 radical (unpaired) electrons. The largest absolute Gasteiger partial charge is 0.496 e. The number of methoxy groups -OCH3 is 1. The van der Waals surface area contributed by atoms with Gasteiger partial charge >= 0.3 is 0 Å². The van der Waals surface area contributed by atoms with E-state index in [-0.39, 0.29) is 0 Å². The standard InChI is InChI=1S/C21H16N4O/c1-25-20(16-7-3-4-8-17(16)26-2)18(15-6-5-10-23-13-15)19-14(12-22)9-11-24-21(19)25/h3-11,13H,1-2H3. The molecule has 0 fully saturated rings. The van der Waals surface area contributed by atoms with Crippen LogP contribution < -0.4 is 4.74 Å². The Labute approximate surface area is 151 Å². The van der Waals surface area contributed by atoms with Crippen LogP contribution in [0.25, 0.3) is 33.4 Å². The van der Waals surface area contributed by atoms with E-state index in [2.05, 4.69) is 16.0 Å². The number of ether oxygens (including phenoxy) is 1. The van der Waals surface area contributed by atoms with Gasteiger partial charge in [-0.2, -0.15) is 5.26 Å². The van der Waals surface area contributed by atoms with E-state index in [1.165, 1.54) is 0 Å². The topological polar surface area (TPSA) is 63.7 Å². The van der Waals surface area contributed by atoms with E-state index in [9.17, 15) is 5.26 Å². The van der Waals surface area contributed by atoms with E-state index in [1.807, 2.05) is 54.2 Å². The molecule has 0 aliphatic carbocycles. The van der Waals surface area contributed by atoms with Gasteiger partial charge in [0.15, 0.2) is 0 Å². The molecule has 0 aliphatic heterocycles. The van der Waals surface area contributed by atoms with Gasteiger partial charge < -0.3 is 9.30 Å². The summed E-state index contributed by atoms with van der Waals surface area (Å²) < 4.78 is 7.59. The van der Waals surface area contributed by atoms with Gasteiger partial charge in [-0.1, -0.05) is 18.2 Å². The Bertz CT molecular complexity index is 1140. The fourth-order valence-corrected chi connectivity index (χ4v) is 3.38. The summed E-state index contributed by atoms with van der Waals surface area (Å²) in [6, 6.07) is 15.8. The molecule has 3 aromatic heterocycles. The first-order chi connectivity index (χ1) is 12.8. The van der Waals surface area contributed by atoms with Crippen molar-refractivity contribution in [1.82, 2.24) is 14.5 Å². The lowest BCUT2D eigenvalue weighted by Crippen LogP contribution is -1.96. The average molecular weight is 340 g/mol. The van der Waals surface area contributed by atoms with E-state index < -0.39 is 0 Å². The maximum Gasteiger partial charge on any atom is 0.142 e. The fourth-order valence-electron chi connectivity index (χ4n) is 3.38. The second-order valence-electron chi connectivity index (χ2n) is 5.89. The van der Waals surface area contributed by atoms with E-state index >= 15 is 0 Å². The smallest absolute Gasteiger partial charge is 0.142 e. The zero-order chi connectivity index (χ0) is 18.1. The first kappa shape index (κ1) is 15.9. The van der Waals surface area contributed by atoms with Crippen molar-refractivity contribution in [2.45, 2.75) is 0 Å². The Kier molecular flexibility index (Phi) is 3.86. The van der Waals surface area contributed by atoms with Crippen molar-refractivity contribution in [2.75, 3.05) is 7.11 Å². The summed E-state index contributed by atoms with van der Waals surface area (Å²) >= 11 is 0. The number of nitrogens with zero attached hydrogens (tertiary/aromatic N) is 4. The Balaban J connectivity index is 2.21. The van der Waals surface area contributed by atoms with Gasteiger partial charge in [0.25, 0.3) is 0 Å². The first-order valence-electron chi connectivity index (χ1n) is 8.17. The molecule has 0 amide bonds. The third-order valence-electron chi connectivity index (χ3n) is 4.50. The summed E-state index contributed by atoms with van der Waals surface area (Å²) in [5.41, 5.74) is 5.10. The van der Waals surface area contributed by atoms with Crippen molar-refractivity contribution in [2.24, 2.45) is 7.05 Å². The molecule has 5 nitrogen and oxygen atoms in total. The number of hydrogen-bond acceptors (Lipinski definition) is 4. The maximum atomic E-state index is 9.65. The molecule has 0 saturated carbocycles. The van der Waals surface area contributed by atoms with Gasteiger partial charge in [0, 0.05) is 47.7 Å². The minimum absolute atomic E-state index is 0.589. The van der Waals surface area contributed by atoms with Gasteiger partial charge in [0.1, 0.15) is 11.4 Å². The van der Waals surface area contributed by atoms with Crippen LogP contribution in [0.3, 0.4) is 0 Å². The zero-order valence-corrected chi connectivity index (χ0v) is 14.5. The van der Waals surface area contributed by atoms with Crippen LogP contribution in [0.1, 0.15) is 5.56 Å². The van der Waals surface area contributed by atoms with Crippen molar-refractivity contribution in [3.8, 4) is 34.2 Å². The maximum absolute atomic E-state index is 9.65. The highest BCUT2D eigenvalue weighted by atomic mass is 16.5.